The molecule has 2 unspecified atom stereocenters. The smallest absolute Gasteiger partial charge is 0.404 e. The Kier molecular flexibility index (Phi) is 5.80. The Bertz CT molecular complexity index is 688. The van der Waals surface area contributed by atoms with Crippen LogP contribution in [0.4, 0.5) is 10.6 Å². The maximum absolute atomic E-state index is 12.5. The fraction of sp³-hybridized carbons (Fsp3) is 0.667. The van der Waals surface area contributed by atoms with Crippen LogP contribution in [0, 0.1) is 0 Å². The van der Waals surface area contributed by atoms with Gasteiger partial charge in [0.05, 0.1) is 0 Å². The van der Waals surface area contributed by atoms with Crippen LogP contribution in [0.2, 0.25) is 0 Å². The summed E-state index contributed by atoms with van der Waals surface area (Å²) < 4.78 is 0. The van der Waals surface area contributed by atoms with Crippen molar-refractivity contribution < 1.29 is 14.7 Å². The zero-order chi connectivity index (χ0) is 19.5. The second kappa shape index (κ2) is 8.47. The number of pyridine rings is 1. The molecule has 1 amide bonds. The van der Waals surface area contributed by atoms with Crippen molar-refractivity contribution in [3.05, 3.63) is 23.9 Å². The number of likely N-dealkylation sites (tertiary alicyclic amines) is 1. The highest BCUT2D eigenvalue weighted by Crippen LogP contribution is 2.38. The molecule has 28 heavy (non-hydrogen) atoms. The third-order valence-electron chi connectivity index (χ3n) is 6.50. The van der Waals surface area contributed by atoms with E-state index in [0.717, 1.165) is 51.1 Å². The highest BCUT2D eigenvalue weighted by molar-refractivity contribution is 5.96. The van der Waals surface area contributed by atoms with Crippen LogP contribution in [-0.4, -0.2) is 64.6 Å². The largest absolute Gasteiger partial charge is 0.465 e. The van der Waals surface area contributed by atoms with Crippen LogP contribution in [0.3, 0.4) is 0 Å². The van der Waals surface area contributed by atoms with Crippen molar-refractivity contribution in [2.45, 2.75) is 69.5 Å². The summed E-state index contributed by atoms with van der Waals surface area (Å²) in [7, 11) is 0. The number of carboxylic acid groups (broad SMARTS) is 1. The standard InChI is InChI=1S/C21H30N4O3/c26-19(8-11-24-9-2-1-3-10-24)15-4-7-20(22-14-15)25-17-5-6-18(25)13-16(12-17)23-21(27)28/h4,7,14,16-18,23H,1-3,5-6,8-13H2,(H,27,28). The van der Waals surface area contributed by atoms with Crippen LogP contribution in [-0.2, 0) is 0 Å². The molecule has 1 aromatic rings. The number of Topliss-reactive ketones (excluding diaryl/α,β-unsaturated/α-hetero) is 1. The van der Waals surface area contributed by atoms with E-state index in [0.29, 0.717) is 24.1 Å². The van der Waals surface area contributed by atoms with Gasteiger partial charge in [-0.15, -0.1) is 0 Å². The van der Waals surface area contributed by atoms with Crippen molar-refractivity contribution >= 4 is 17.7 Å². The minimum atomic E-state index is -0.941. The molecular weight excluding hydrogens is 356 g/mol. The lowest BCUT2D eigenvalue weighted by molar-refractivity contribution is 0.0958. The van der Waals surface area contributed by atoms with Crippen molar-refractivity contribution in [3.8, 4) is 0 Å². The van der Waals surface area contributed by atoms with Gasteiger partial charge >= 0.3 is 6.09 Å². The molecule has 3 saturated heterocycles. The lowest BCUT2D eigenvalue weighted by atomic mass is 9.97. The van der Waals surface area contributed by atoms with Crippen LogP contribution >= 0.6 is 0 Å². The quantitative estimate of drug-likeness (QED) is 0.731. The molecule has 0 spiro atoms. The summed E-state index contributed by atoms with van der Waals surface area (Å²) in [5.41, 5.74) is 0.690. The molecule has 1 aromatic heterocycles. The predicted molar refractivity (Wildman–Crippen MR) is 107 cm³/mol. The van der Waals surface area contributed by atoms with Gasteiger partial charge in [-0.05, 0) is 63.7 Å². The Hall–Kier alpha value is -2.15. The van der Waals surface area contributed by atoms with Crippen LogP contribution < -0.4 is 10.2 Å². The number of carbonyl (C=O) groups is 2. The second-order valence-electron chi connectivity index (χ2n) is 8.39. The van der Waals surface area contributed by atoms with Crippen molar-refractivity contribution in [2.75, 3.05) is 24.5 Å². The van der Waals surface area contributed by atoms with E-state index in [1.807, 2.05) is 12.1 Å². The average molecular weight is 386 g/mol. The zero-order valence-corrected chi connectivity index (χ0v) is 16.3. The van der Waals surface area contributed by atoms with Crippen molar-refractivity contribution in [1.29, 1.82) is 0 Å². The fourth-order valence-corrected chi connectivity index (χ4v) is 5.13. The van der Waals surface area contributed by atoms with Crippen LogP contribution in [0.5, 0.6) is 0 Å². The highest BCUT2D eigenvalue weighted by Gasteiger charge is 2.41. The Morgan fingerprint density at radius 2 is 1.82 bits per heavy atom. The van der Waals surface area contributed by atoms with Gasteiger partial charge in [-0.2, -0.15) is 0 Å². The first kappa shape index (κ1) is 19.2. The number of anilines is 1. The Morgan fingerprint density at radius 1 is 1.11 bits per heavy atom. The molecule has 4 heterocycles. The molecule has 3 aliphatic heterocycles. The minimum absolute atomic E-state index is 0.0295. The number of aromatic nitrogens is 1. The van der Waals surface area contributed by atoms with Gasteiger partial charge in [0.15, 0.2) is 5.78 Å². The summed E-state index contributed by atoms with van der Waals surface area (Å²) in [6, 6.07) is 4.54. The monoisotopic (exact) mass is 386 g/mol. The summed E-state index contributed by atoms with van der Waals surface area (Å²) in [5.74, 6) is 1.07. The molecule has 4 rings (SSSR count). The normalized spacial score (nSPS) is 27.6. The van der Waals surface area contributed by atoms with E-state index in [1.54, 1.807) is 6.20 Å². The van der Waals surface area contributed by atoms with E-state index in [1.165, 1.54) is 19.3 Å². The number of fused-ring (bicyclic) bond motifs is 2. The number of carbonyl (C=O) groups excluding carboxylic acids is 1. The molecule has 2 bridgehead atoms. The summed E-state index contributed by atoms with van der Waals surface area (Å²) in [6.07, 6.45) is 8.90. The summed E-state index contributed by atoms with van der Waals surface area (Å²) in [5, 5.41) is 11.6. The molecule has 3 aliphatic rings. The average Bonchev–Trinajstić information content (AvgIpc) is 2.97. The van der Waals surface area contributed by atoms with E-state index >= 15 is 0 Å². The number of hydrogen-bond donors (Lipinski definition) is 2. The Labute approximate surface area is 166 Å². The maximum Gasteiger partial charge on any atom is 0.404 e. The molecular formula is C21H30N4O3. The number of nitrogens with one attached hydrogen (secondary N) is 1. The predicted octanol–water partition coefficient (Wildman–Crippen LogP) is 2.91. The number of rotatable bonds is 6. The van der Waals surface area contributed by atoms with E-state index < -0.39 is 6.09 Å². The van der Waals surface area contributed by atoms with Crippen LogP contribution in [0.15, 0.2) is 18.3 Å². The SMILES string of the molecule is O=C(O)NC1CC2CCC(C1)N2c1ccc(C(=O)CCN2CCCCC2)cn1. The zero-order valence-electron chi connectivity index (χ0n) is 16.3. The van der Waals surface area contributed by atoms with Crippen LogP contribution in [0.25, 0.3) is 0 Å². The highest BCUT2D eigenvalue weighted by atomic mass is 16.4. The number of hydrogen-bond acceptors (Lipinski definition) is 5. The van der Waals surface area contributed by atoms with Gasteiger partial charge in [-0.3, -0.25) is 4.79 Å². The molecule has 0 radical (unpaired) electrons. The first-order valence-corrected chi connectivity index (χ1v) is 10.6. The molecule has 152 valence electrons. The van der Waals surface area contributed by atoms with Crippen molar-refractivity contribution in [3.63, 3.8) is 0 Å². The molecule has 0 aromatic carbocycles. The summed E-state index contributed by atoms with van der Waals surface area (Å²) in [6.45, 7) is 3.06. The van der Waals surface area contributed by atoms with Crippen LogP contribution in [0.1, 0.15) is 61.7 Å². The van der Waals surface area contributed by atoms with E-state index in [2.05, 4.69) is 20.1 Å². The van der Waals surface area contributed by atoms with Gasteiger partial charge in [0, 0.05) is 42.9 Å². The molecule has 0 saturated carbocycles. The van der Waals surface area contributed by atoms with Gasteiger partial charge in [0.25, 0.3) is 0 Å². The number of piperidine rings is 2. The molecule has 7 nitrogen and oxygen atoms in total. The minimum Gasteiger partial charge on any atom is -0.465 e. The first-order chi connectivity index (χ1) is 13.6. The van der Waals surface area contributed by atoms with Gasteiger partial charge in [0.1, 0.15) is 5.82 Å². The van der Waals surface area contributed by atoms with E-state index in [-0.39, 0.29) is 11.8 Å². The molecule has 2 N–H and O–H groups in total. The third kappa shape index (κ3) is 4.29. The molecule has 7 heteroatoms. The lowest BCUT2D eigenvalue weighted by Gasteiger charge is -2.39. The number of nitrogens with zero attached hydrogens (tertiary/aromatic N) is 3. The van der Waals surface area contributed by atoms with E-state index in [4.69, 9.17) is 5.11 Å². The molecule has 2 atom stereocenters. The molecule has 0 aliphatic carbocycles. The fourth-order valence-electron chi connectivity index (χ4n) is 5.13. The van der Waals surface area contributed by atoms with Crippen molar-refractivity contribution in [1.82, 2.24) is 15.2 Å². The second-order valence-corrected chi connectivity index (χ2v) is 8.39. The van der Waals surface area contributed by atoms with Gasteiger partial charge in [-0.1, -0.05) is 6.42 Å². The van der Waals surface area contributed by atoms with Crippen molar-refractivity contribution in [2.24, 2.45) is 0 Å². The lowest BCUT2D eigenvalue weighted by Crippen LogP contribution is -2.50. The van der Waals surface area contributed by atoms with E-state index in [9.17, 15) is 9.59 Å². The number of ketones is 1. The van der Waals surface area contributed by atoms with Gasteiger partial charge in [-0.25, -0.2) is 9.78 Å². The third-order valence-corrected chi connectivity index (χ3v) is 6.50. The Balaban J connectivity index is 1.34. The maximum atomic E-state index is 12.5. The molecule has 3 fully saturated rings. The summed E-state index contributed by atoms with van der Waals surface area (Å²) in [4.78, 5) is 32.8. The topological polar surface area (TPSA) is 85.8 Å². The Morgan fingerprint density at radius 3 is 2.43 bits per heavy atom. The van der Waals surface area contributed by atoms with Gasteiger partial charge < -0.3 is 20.2 Å². The number of amides is 1. The summed E-state index contributed by atoms with van der Waals surface area (Å²) >= 11 is 0. The first-order valence-electron chi connectivity index (χ1n) is 10.6. The van der Waals surface area contributed by atoms with Gasteiger partial charge in [0.2, 0.25) is 0 Å².